The van der Waals surface area contributed by atoms with Crippen LogP contribution in [0.4, 0.5) is 11.5 Å². The normalized spacial score (nSPS) is 10.3. The molecule has 2 N–H and O–H groups in total. The zero-order chi connectivity index (χ0) is 21.0. The smallest absolute Gasteiger partial charge is 0.374 e. The van der Waals surface area contributed by atoms with Crippen molar-refractivity contribution in [2.45, 2.75) is 20.8 Å². The van der Waals surface area contributed by atoms with Crippen LogP contribution in [0, 0.1) is 30.9 Å². The van der Waals surface area contributed by atoms with Gasteiger partial charge in [0.1, 0.15) is 12.1 Å². The van der Waals surface area contributed by atoms with Crippen molar-refractivity contribution in [3.8, 4) is 11.6 Å². The molecule has 1 heterocycles. The van der Waals surface area contributed by atoms with Crippen LogP contribution in [-0.4, -0.2) is 20.8 Å². The van der Waals surface area contributed by atoms with Gasteiger partial charge >= 0.3 is 11.6 Å². The highest BCUT2D eigenvalue weighted by molar-refractivity contribution is 5.96. The molecule has 9 nitrogen and oxygen atoms in total. The minimum Gasteiger partial charge on any atom is -0.434 e. The summed E-state index contributed by atoms with van der Waals surface area (Å²) in [6, 6.07) is 12.3. The molecule has 148 valence electrons. The lowest BCUT2D eigenvalue weighted by atomic mass is 10.1. The minimum absolute atomic E-state index is 0.189. The molecule has 0 radical (unpaired) electrons. The molecule has 0 saturated heterocycles. The fourth-order valence-electron chi connectivity index (χ4n) is 2.59. The number of hydrazine groups is 1. The van der Waals surface area contributed by atoms with Crippen molar-refractivity contribution in [1.29, 1.82) is 0 Å². The SMILES string of the molecule is Cc1ccc(Oc2ncnc(NNC(=O)c3ccccc3C)c2[N+](=O)[O-])cc1C. The van der Waals surface area contributed by atoms with Crippen LogP contribution < -0.4 is 15.6 Å². The van der Waals surface area contributed by atoms with Gasteiger partial charge in [-0.05, 0) is 55.7 Å². The third-order valence-electron chi connectivity index (χ3n) is 4.35. The van der Waals surface area contributed by atoms with E-state index < -0.39 is 16.5 Å². The van der Waals surface area contributed by atoms with Crippen molar-refractivity contribution in [2.24, 2.45) is 0 Å². The number of nitrogens with zero attached hydrogens (tertiary/aromatic N) is 3. The summed E-state index contributed by atoms with van der Waals surface area (Å²) in [6.45, 7) is 5.65. The number of ether oxygens (including phenoxy) is 1. The Bertz CT molecular complexity index is 1080. The highest BCUT2D eigenvalue weighted by atomic mass is 16.6. The third kappa shape index (κ3) is 4.46. The maximum atomic E-state index is 12.3. The molecule has 1 aromatic heterocycles. The van der Waals surface area contributed by atoms with Crippen LogP contribution in [0.25, 0.3) is 0 Å². The Kier molecular flexibility index (Phi) is 5.68. The quantitative estimate of drug-likeness (QED) is 0.482. The van der Waals surface area contributed by atoms with Gasteiger partial charge in [-0.25, -0.2) is 4.98 Å². The Balaban J connectivity index is 1.85. The van der Waals surface area contributed by atoms with Crippen LogP contribution in [0.3, 0.4) is 0 Å². The van der Waals surface area contributed by atoms with E-state index in [1.54, 1.807) is 37.3 Å². The van der Waals surface area contributed by atoms with Gasteiger partial charge in [-0.2, -0.15) is 4.98 Å². The molecule has 2 aromatic carbocycles. The lowest BCUT2D eigenvalue weighted by Gasteiger charge is -2.11. The predicted molar refractivity (Wildman–Crippen MR) is 107 cm³/mol. The van der Waals surface area contributed by atoms with Crippen LogP contribution in [0.15, 0.2) is 48.8 Å². The summed E-state index contributed by atoms with van der Waals surface area (Å²) in [4.78, 5) is 31.0. The first-order valence-corrected chi connectivity index (χ1v) is 8.73. The third-order valence-corrected chi connectivity index (χ3v) is 4.35. The van der Waals surface area contributed by atoms with Gasteiger partial charge in [-0.1, -0.05) is 24.3 Å². The maximum absolute atomic E-state index is 12.3. The Morgan fingerprint density at radius 3 is 2.48 bits per heavy atom. The molecule has 0 saturated carbocycles. The minimum atomic E-state index is -0.668. The first-order valence-electron chi connectivity index (χ1n) is 8.73. The van der Waals surface area contributed by atoms with E-state index in [1.807, 2.05) is 26.0 Å². The number of carbonyl (C=O) groups is 1. The van der Waals surface area contributed by atoms with Gasteiger partial charge < -0.3 is 4.74 Å². The average molecular weight is 393 g/mol. The summed E-state index contributed by atoms with van der Waals surface area (Å²) in [5.74, 6) is -0.468. The molecular formula is C20H19N5O4. The van der Waals surface area contributed by atoms with Gasteiger partial charge in [0.2, 0.25) is 5.82 Å². The van der Waals surface area contributed by atoms with Crippen LogP contribution in [0.2, 0.25) is 0 Å². The highest BCUT2D eigenvalue weighted by Crippen LogP contribution is 2.34. The van der Waals surface area contributed by atoms with Gasteiger partial charge in [0.05, 0.1) is 4.92 Å². The van der Waals surface area contributed by atoms with Crippen molar-refractivity contribution in [3.63, 3.8) is 0 Å². The number of amides is 1. The molecular weight excluding hydrogens is 374 g/mol. The van der Waals surface area contributed by atoms with Gasteiger partial charge in [0, 0.05) is 5.56 Å². The van der Waals surface area contributed by atoms with Crippen molar-refractivity contribution in [1.82, 2.24) is 15.4 Å². The summed E-state index contributed by atoms with van der Waals surface area (Å²) in [7, 11) is 0. The molecule has 0 bridgehead atoms. The van der Waals surface area contributed by atoms with Gasteiger partial charge in [-0.3, -0.25) is 25.8 Å². The van der Waals surface area contributed by atoms with Crippen LogP contribution >= 0.6 is 0 Å². The molecule has 0 spiro atoms. The number of carbonyl (C=O) groups excluding carboxylic acids is 1. The van der Waals surface area contributed by atoms with E-state index in [0.29, 0.717) is 11.3 Å². The first-order chi connectivity index (χ1) is 13.9. The zero-order valence-electron chi connectivity index (χ0n) is 16.1. The summed E-state index contributed by atoms with van der Waals surface area (Å²) < 4.78 is 5.61. The Morgan fingerprint density at radius 1 is 1.03 bits per heavy atom. The second kappa shape index (κ2) is 8.34. The van der Waals surface area contributed by atoms with E-state index >= 15 is 0 Å². The molecule has 0 atom stereocenters. The number of rotatable bonds is 6. The van der Waals surface area contributed by atoms with Crippen LogP contribution in [0.1, 0.15) is 27.0 Å². The number of aromatic nitrogens is 2. The number of aryl methyl sites for hydroxylation is 3. The average Bonchev–Trinajstić information content (AvgIpc) is 2.69. The first kappa shape index (κ1) is 19.7. The molecule has 0 unspecified atom stereocenters. The molecule has 0 aliphatic heterocycles. The van der Waals surface area contributed by atoms with Gasteiger partial charge in [-0.15, -0.1) is 0 Å². The molecule has 3 aromatic rings. The molecule has 0 fully saturated rings. The highest BCUT2D eigenvalue weighted by Gasteiger charge is 2.25. The van der Waals surface area contributed by atoms with E-state index in [1.165, 1.54) is 0 Å². The lowest BCUT2D eigenvalue weighted by molar-refractivity contribution is -0.385. The number of nitro groups is 1. The van der Waals surface area contributed by atoms with E-state index in [4.69, 9.17) is 4.74 Å². The van der Waals surface area contributed by atoms with E-state index in [2.05, 4.69) is 20.8 Å². The van der Waals surface area contributed by atoms with E-state index in [0.717, 1.165) is 23.0 Å². The Morgan fingerprint density at radius 2 is 1.79 bits per heavy atom. The van der Waals surface area contributed by atoms with Gasteiger partial charge in [0.25, 0.3) is 5.91 Å². The molecule has 1 amide bonds. The molecule has 29 heavy (non-hydrogen) atoms. The summed E-state index contributed by atoms with van der Waals surface area (Å²) in [5.41, 5.74) is 7.66. The molecule has 0 aliphatic carbocycles. The standard InChI is InChI=1S/C20H19N5O4/c1-12-8-9-15(10-14(12)3)29-20-17(25(27)28)18(21-11-22-20)23-24-19(26)16-7-5-4-6-13(16)2/h4-11H,1-3H3,(H,24,26)(H,21,22,23). The maximum Gasteiger partial charge on any atom is 0.374 e. The topological polar surface area (TPSA) is 119 Å². The van der Waals surface area contributed by atoms with Crippen LogP contribution in [0.5, 0.6) is 11.6 Å². The predicted octanol–water partition coefficient (Wildman–Crippen LogP) is 3.86. The number of anilines is 1. The van der Waals surface area contributed by atoms with Crippen LogP contribution in [-0.2, 0) is 0 Å². The van der Waals surface area contributed by atoms with Crippen molar-refractivity contribution in [3.05, 3.63) is 81.2 Å². The van der Waals surface area contributed by atoms with Crippen molar-refractivity contribution in [2.75, 3.05) is 5.43 Å². The zero-order valence-corrected chi connectivity index (χ0v) is 16.1. The Hall–Kier alpha value is -4.01. The fraction of sp³-hybridized carbons (Fsp3) is 0.150. The van der Waals surface area contributed by atoms with E-state index in [-0.39, 0.29) is 11.7 Å². The number of nitrogens with one attached hydrogen (secondary N) is 2. The van der Waals surface area contributed by atoms with Crippen molar-refractivity contribution < 1.29 is 14.5 Å². The second-order valence-electron chi connectivity index (χ2n) is 6.38. The molecule has 0 aliphatic rings. The van der Waals surface area contributed by atoms with Gasteiger partial charge in [0.15, 0.2) is 0 Å². The fourth-order valence-corrected chi connectivity index (χ4v) is 2.59. The summed E-state index contributed by atoms with van der Waals surface area (Å²) >= 11 is 0. The lowest BCUT2D eigenvalue weighted by Crippen LogP contribution is -2.30. The van der Waals surface area contributed by atoms with Crippen molar-refractivity contribution >= 4 is 17.4 Å². The number of benzene rings is 2. The second-order valence-corrected chi connectivity index (χ2v) is 6.38. The Labute approximate surface area is 166 Å². The summed E-state index contributed by atoms with van der Waals surface area (Å²) in [6.07, 6.45) is 1.12. The molecule has 3 rings (SSSR count). The monoisotopic (exact) mass is 393 g/mol. The number of hydrogen-bond acceptors (Lipinski definition) is 7. The summed E-state index contributed by atoms with van der Waals surface area (Å²) in [5, 5.41) is 11.6. The largest absolute Gasteiger partial charge is 0.434 e. The molecule has 9 heteroatoms. The number of hydrogen-bond donors (Lipinski definition) is 2. The van der Waals surface area contributed by atoms with E-state index in [9.17, 15) is 14.9 Å².